The number of halogens is 1. The molecule has 3 heterocycles. The molecule has 5 aromatic rings. The molecule has 1 saturated heterocycles. The number of fused-ring (bicyclic) bond motifs is 3. The minimum absolute atomic E-state index is 0.256. The zero-order valence-corrected chi connectivity index (χ0v) is 25.9. The molecule has 2 aliphatic rings. The largest absolute Gasteiger partial charge is 0.378 e. The lowest BCUT2D eigenvalue weighted by Crippen LogP contribution is -2.33. The second kappa shape index (κ2) is 11.3. The van der Waals surface area contributed by atoms with Crippen LogP contribution in [0.2, 0.25) is 0 Å². The standard InChI is InChI=1S/C34H27FN4O4S2/c1-37(2)22-14-10-20(11-15-22)27-28-29(32(42)39(31(28)41)23-16-12-21(35)13-17-23)44-33-30(27)45-34(43)38(33)18-26(40)36-25-9-5-7-19-6-3-4-8-24(19)25/h3-17,27-29H,18H2,1-2H3,(H,36,40)/t27-,28?,29?/m1/s1. The molecule has 4 aromatic carbocycles. The number of imide groups is 1. The number of hydrogen-bond acceptors (Lipinski definition) is 7. The van der Waals surface area contributed by atoms with E-state index in [0.717, 1.165) is 50.0 Å². The number of nitrogens with one attached hydrogen (secondary N) is 1. The molecule has 11 heteroatoms. The number of thiazole rings is 1. The predicted octanol–water partition coefficient (Wildman–Crippen LogP) is 5.70. The van der Waals surface area contributed by atoms with Crippen molar-refractivity contribution < 1.29 is 18.8 Å². The van der Waals surface area contributed by atoms with Gasteiger partial charge in [-0.05, 0) is 53.4 Å². The van der Waals surface area contributed by atoms with E-state index in [1.54, 1.807) is 0 Å². The topological polar surface area (TPSA) is 91.7 Å². The lowest BCUT2D eigenvalue weighted by Gasteiger charge is -2.31. The fourth-order valence-corrected chi connectivity index (χ4v) is 8.88. The second-order valence-corrected chi connectivity index (χ2v) is 13.3. The molecule has 0 saturated carbocycles. The Morgan fingerprint density at radius 1 is 0.889 bits per heavy atom. The van der Waals surface area contributed by atoms with Crippen molar-refractivity contribution in [2.75, 3.05) is 29.2 Å². The smallest absolute Gasteiger partial charge is 0.308 e. The zero-order chi connectivity index (χ0) is 31.4. The second-order valence-electron chi connectivity index (χ2n) is 11.2. The van der Waals surface area contributed by atoms with Crippen LogP contribution in [0.5, 0.6) is 0 Å². The van der Waals surface area contributed by atoms with Gasteiger partial charge in [-0.25, -0.2) is 9.29 Å². The average molecular weight is 639 g/mol. The summed E-state index contributed by atoms with van der Waals surface area (Å²) in [5.74, 6) is -3.09. The molecule has 1 N–H and O–H groups in total. The third-order valence-corrected chi connectivity index (χ3v) is 10.9. The van der Waals surface area contributed by atoms with Crippen LogP contribution >= 0.6 is 23.1 Å². The number of hydrogen-bond donors (Lipinski definition) is 1. The number of carbonyl (C=O) groups excluding carboxylic acids is 3. The molecule has 226 valence electrons. The number of carbonyl (C=O) groups is 3. The van der Waals surface area contributed by atoms with Crippen LogP contribution in [0.1, 0.15) is 16.4 Å². The van der Waals surface area contributed by atoms with Gasteiger partial charge in [0.2, 0.25) is 17.7 Å². The van der Waals surface area contributed by atoms with Gasteiger partial charge in [0, 0.05) is 41.7 Å². The Morgan fingerprint density at radius 2 is 1.60 bits per heavy atom. The Bertz CT molecular complexity index is 2030. The summed E-state index contributed by atoms with van der Waals surface area (Å²) in [7, 11) is 3.85. The number of nitrogens with zero attached hydrogens (tertiary/aromatic N) is 3. The maximum Gasteiger partial charge on any atom is 0.308 e. The van der Waals surface area contributed by atoms with Crippen molar-refractivity contribution in [3.8, 4) is 0 Å². The predicted molar refractivity (Wildman–Crippen MR) is 176 cm³/mol. The number of amides is 3. The highest BCUT2D eigenvalue weighted by Crippen LogP contribution is 2.54. The van der Waals surface area contributed by atoms with Gasteiger partial charge in [0.25, 0.3) is 0 Å². The summed E-state index contributed by atoms with van der Waals surface area (Å²) in [4.78, 5) is 58.2. The number of benzene rings is 4. The van der Waals surface area contributed by atoms with Crippen LogP contribution in [0.4, 0.5) is 21.5 Å². The van der Waals surface area contributed by atoms with Crippen molar-refractivity contribution in [1.82, 2.24) is 4.57 Å². The Balaban J connectivity index is 1.28. The Kier molecular flexibility index (Phi) is 7.29. The van der Waals surface area contributed by atoms with Gasteiger partial charge in [-0.3, -0.25) is 23.7 Å². The molecule has 3 amide bonds. The average Bonchev–Trinajstić information content (AvgIpc) is 3.48. The van der Waals surface area contributed by atoms with Crippen LogP contribution < -0.4 is 20.0 Å². The van der Waals surface area contributed by atoms with Gasteiger partial charge < -0.3 is 10.2 Å². The third-order valence-electron chi connectivity index (χ3n) is 8.27. The van der Waals surface area contributed by atoms with Crippen molar-refractivity contribution in [3.05, 3.63) is 117 Å². The molecule has 0 radical (unpaired) electrons. The third kappa shape index (κ3) is 5.01. The van der Waals surface area contributed by atoms with Crippen LogP contribution in [-0.4, -0.2) is 41.6 Å². The highest BCUT2D eigenvalue weighted by Gasteiger charge is 2.56. The summed E-state index contributed by atoms with van der Waals surface area (Å²) in [5.41, 5.74) is 2.66. The monoisotopic (exact) mass is 638 g/mol. The van der Waals surface area contributed by atoms with E-state index in [9.17, 15) is 23.6 Å². The van der Waals surface area contributed by atoms with E-state index < -0.39 is 34.7 Å². The summed E-state index contributed by atoms with van der Waals surface area (Å²) in [6, 6.07) is 26.3. The van der Waals surface area contributed by atoms with Crippen molar-refractivity contribution in [3.63, 3.8) is 0 Å². The lowest BCUT2D eigenvalue weighted by atomic mass is 9.83. The number of anilines is 3. The van der Waals surface area contributed by atoms with Gasteiger partial charge in [-0.15, -0.1) is 0 Å². The van der Waals surface area contributed by atoms with Crippen molar-refractivity contribution in [2.24, 2.45) is 5.92 Å². The first-order valence-corrected chi connectivity index (χ1v) is 16.0. The highest BCUT2D eigenvalue weighted by molar-refractivity contribution is 8.00. The molecule has 1 fully saturated rings. The maximum atomic E-state index is 14.0. The van der Waals surface area contributed by atoms with E-state index in [1.807, 2.05) is 85.7 Å². The zero-order valence-electron chi connectivity index (χ0n) is 24.3. The molecule has 3 atom stereocenters. The first-order chi connectivity index (χ1) is 21.7. The van der Waals surface area contributed by atoms with Crippen molar-refractivity contribution in [2.45, 2.75) is 22.7 Å². The Labute approximate surface area is 266 Å². The quantitative estimate of drug-likeness (QED) is 0.240. The van der Waals surface area contributed by atoms with Gasteiger partial charge in [-0.1, -0.05) is 71.6 Å². The van der Waals surface area contributed by atoms with E-state index in [2.05, 4.69) is 5.32 Å². The Morgan fingerprint density at radius 3 is 2.33 bits per heavy atom. The number of rotatable bonds is 6. The summed E-state index contributed by atoms with van der Waals surface area (Å²) in [6.45, 7) is -0.256. The van der Waals surface area contributed by atoms with Crippen LogP contribution in [0, 0.1) is 11.7 Å². The molecule has 0 aliphatic carbocycles. The fourth-order valence-electron chi connectivity index (χ4n) is 6.11. The van der Waals surface area contributed by atoms with Crippen LogP contribution in [0.15, 0.2) is 101 Å². The van der Waals surface area contributed by atoms with Gasteiger partial charge in [0.05, 0.1) is 16.6 Å². The van der Waals surface area contributed by atoms with Gasteiger partial charge in [-0.2, -0.15) is 0 Å². The summed E-state index contributed by atoms with van der Waals surface area (Å²) < 4.78 is 15.1. The molecule has 0 bridgehead atoms. The van der Waals surface area contributed by atoms with E-state index in [4.69, 9.17) is 0 Å². The number of thioether (sulfide) groups is 1. The van der Waals surface area contributed by atoms with E-state index in [0.29, 0.717) is 21.3 Å². The Hall–Kier alpha value is -4.74. The van der Waals surface area contributed by atoms with Gasteiger partial charge >= 0.3 is 4.87 Å². The summed E-state index contributed by atoms with van der Waals surface area (Å²) >= 11 is 2.14. The minimum Gasteiger partial charge on any atom is -0.378 e. The SMILES string of the molecule is CN(C)c1ccc([C@H]2c3sc(=O)n(CC(=O)Nc4cccc5ccccc45)c3SC3C(=O)N(c4ccc(F)cc4)C(=O)C32)cc1. The molecule has 2 unspecified atom stereocenters. The molecule has 0 spiro atoms. The minimum atomic E-state index is -0.838. The molecular formula is C34H27FN4O4S2. The summed E-state index contributed by atoms with van der Waals surface area (Å²) in [5, 5.41) is 4.46. The highest BCUT2D eigenvalue weighted by atomic mass is 32.2. The van der Waals surface area contributed by atoms with Crippen LogP contribution in [0.3, 0.4) is 0 Å². The normalized spacial score (nSPS) is 19.0. The fraction of sp³-hybridized carbons (Fsp3) is 0.176. The molecular weight excluding hydrogens is 612 g/mol. The number of aromatic nitrogens is 1. The molecule has 7 rings (SSSR count). The van der Waals surface area contributed by atoms with Gasteiger partial charge in [0.15, 0.2) is 0 Å². The lowest BCUT2D eigenvalue weighted by molar-refractivity contribution is -0.122. The maximum absolute atomic E-state index is 14.0. The van der Waals surface area contributed by atoms with E-state index in [1.165, 1.54) is 28.8 Å². The van der Waals surface area contributed by atoms with Crippen molar-refractivity contribution in [1.29, 1.82) is 0 Å². The molecule has 45 heavy (non-hydrogen) atoms. The first-order valence-electron chi connectivity index (χ1n) is 14.3. The van der Waals surface area contributed by atoms with Gasteiger partial charge in [0.1, 0.15) is 17.6 Å². The van der Waals surface area contributed by atoms with E-state index in [-0.39, 0.29) is 17.3 Å². The van der Waals surface area contributed by atoms with Crippen LogP contribution in [-0.2, 0) is 20.9 Å². The molecule has 2 aliphatic heterocycles. The first kappa shape index (κ1) is 29.0. The van der Waals surface area contributed by atoms with Crippen molar-refractivity contribution >= 4 is 68.7 Å². The summed E-state index contributed by atoms with van der Waals surface area (Å²) in [6.07, 6.45) is 0. The molecule has 1 aromatic heterocycles. The van der Waals surface area contributed by atoms with E-state index >= 15 is 0 Å². The molecule has 8 nitrogen and oxygen atoms in total. The van der Waals surface area contributed by atoms with Crippen LogP contribution in [0.25, 0.3) is 10.8 Å².